The summed E-state index contributed by atoms with van der Waals surface area (Å²) in [4.78, 5) is 25.5. The molecule has 2 amide bonds. The zero-order valence-corrected chi connectivity index (χ0v) is 17.3. The molecule has 0 atom stereocenters. The topological polar surface area (TPSA) is 67.4 Å². The molecule has 0 aliphatic heterocycles. The average Bonchev–Trinajstić information content (AvgIpc) is 3.23. The fraction of sp³-hybridized carbons (Fsp3) is 0.429. The molecule has 3 rings (SSSR count). The lowest BCUT2D eigenvalue weighted by Gasteiger charge is -2.21. The summed E-state index contributed by atoms with van der Waals surface area (Å²) in [5.41, 5.74) is 0.796. The van der Waals surface area contributed by atoms with Crippen molar-refractivity contribution in [1.82, 2.24) is 5.32 Å². The van der Waals surface area contributed by atoms with Gasteiger partial charge in [0.2, 0.25) is 0 Å². The highest BCUT2D eigenvalue weighted by atomic mass is 35.5. The van der Waals surface area contributed by atoms with Crippen LogP contribution in [0.1, 0.15) is 58.6 Å². The summed E-state index contributed by atoms with van der Waals surface area (Å²) in [6.45, 7) is 1.17. The molecular formula is C21H25ClN2O3S. The smallest absolute Gasteiger partial charge is 0.265 e. The van der Waals surface area contributed by atoms with Crippen LogP contribution in [-0.2, 0) is 4.74 Å². The second-order valence-electron chi connectivity index (χ2n) is 6.86. The first-order valence-corrected chi connectivity index (χ1v) is 10.9. The van der Waals surface area contributed by atoms with Crippen molar-refractivity contribution in [2.45, 2.75) is 44.6 Å². The quantitative estimate of drug-likeness (QED) is 0.582. The zero-order chi connectivity index (χ0) is 19.8. The van der Waals surface area contributed by atoms with Gasteiger partial charge in [0.15, 0.2) is 0 Å². The molecule has 28 heavy (non-hydrogen) atoms. The van der Waals surface area contributed by atoms with Gasteiger partial charge < -0.3 is 15.4 Å². The second-order valence-corrected chi connectivity index (χ2v) is 8.25. The Labute approximate surface area is 174 Å². The lowest BCUT2D eigenvalue weighted by atomic mass is 9.98. The fourth-order valence-corrected chi connectivity index (χ4v) is 4.05. The van der Waals surface area contributed by atoms with Crippen LogP contribution in [0.5, 0.6) is 0 Å². The number of nitrogens with one attached hydrogen (secondary N) is 2. The van der Waals surface area contributed by atoms with Gasteiger partial charge in [-0.2, -0.15) is 0 Å². The number of hydrogen-bond acceptors (Lipinski definition) is 4. The second kappa shape index (κ2) is 10.6. The molecule has 1 heterocycles. The zero-order valence-electron chi connectivity index (χ0n) is 15.7. The van der Waals surface area contributed by atoms with Gasteiger partial charge in [-0.05, 0) is 48.9 Å². The Morgan fingerprint density at radius 3 is 2.71 bits per heavy atom. The van der Waals surface area contributed by atoms with Crippen molar-refractivity contribution in [2.75, 3.05) is 18.5 Å². The Balaban J connectivity index is 1.50. The monoisotopic (exact) mass is 420 g/mol. The number of carbonyl (C=O) groups excluding carboxylic acids is 2. The number of halogens is 1. The average molecular weight is 421 g/mol. The maximum atomic E-state index is 12.6. The molecule has 1 saturated carbocycles. The van der Waals surface area contributed by atoms with E-state index in [1.165, 1.54) is 30.6 Å². The normalized spacial score (nSPS) is 14.6. The summed E-state index contributed by atoms with van der Waals surface area (Å²) < 4.78 is 5.88. The molecule has 1 aromatic carbocycles. The van der Waals surface area contributed by atoms with Crippen molar-refractivity contribution in [3.63, 3.8) is 0 Å². The van der Waals surface area contributed by atoms with E-state index in [1.807, 2.05) is 5.38 Å². The van der Waals surface area contributed by atoms with Gasteiger partial charge >= 0.3 is 0 Å². The molecule has 1 fully saturated rings. The number of anilines is 1. The molecule has 2 aromatic rings. The van der Waals surface area contributed by atoms with Gasteiger partial charge in [-0.1, -0.05) is 36.9 Å². The molecule has 0 saturated heterocycles. The number of rotatable bonds is 8. The lowest BCUT2D eigenvalue weighted by Crippen LogP contribution is -2.27. The van der Waals surface area contributed by atoms with Crippen LogP contribution in [0.2, 0.25) is 5.02 Å². The van der Waals surface area contributed by atoms with E-state index >= 15 is 0 Å². The number of amides is 2. The van der Waals surface area contributed by atoms with Crippen molar-refractivity contribution in [2.24, 2.45) is 0 Å². The molecule has 0 radical (unpaired) electrons. The number of hydrogen-bond donors (Lipinski definition) is 2. The fourth-order valence-electron chi connectivity index (χ4n) is 3.26. The van der Waals surface area contributed by atoms with Crippen molar-refractivity contribution >= 4 is 40.4 Å². The number of thiophene rings is 1. The third kappa shape index (κ3) is 6.06. The third-order valence-corrected chi connectivity index (χ3v) is 5.84. The minimum atomic E-state index is -0.257. The Bertz CT molecular complexity index is 789. The molecule has 7 heteroatoms. The van der Waals surface area contributed by atoms with Crippen LogP contribution in [0.4, 0.5) is 5.69 Å². The first kappa shape index (κ1) is 20.8. The van der Waals surface area contributed by atoms with E-state index in [-0.39, 0.29) is 11.8 Å². The SMILES string of the molecule is O=C(Nc1cc(Cl)ccc1C(=O)NCCCOC1CCCCC1)c1cccs1. The Kier molecular flexibility index (Phi) is 7.89. The molecule has 0 bridgehead atoms. The number of benzene rings is 1. The highest BCUT2D eigenvalue weighted by Gasteiger charge is 2.16. The van der Waals surface area contributed by atoms with Gasteiger partial charge in [0.25, 0.3) is 11.8 Å². The first-order valence-electron chi connectivity index (χ1n) is 9.67. The Hall–Kier alpha value is -1.89. The molecule has 5 nitrogen and oxygen atoms in total. The van der Waals surface area contributed by atoms with E-state index in [1.54, 1.807) is 30.3 Å². The van der Waals surface area contributed by atoms with E-state index in [0.717, 1.165) is 19.3 Å². The first-order chi connectivity index (χ1) is 13.6. The Morgan fingerprint density at radius 1 is 1.14 bits per heavy atom. The van der Waals surface area contributed by atoms with Gasteiger partial charge in [-0.15, -0.1) is 11.3 Å². The summed E-state index contributed by atoms with van der Waals surface area (Å²) in [7, 11) is 0. The van der Waals surface area contributed by atoms with E-state index < -0.39 is 0 Å². The van der Waals surface area contributed by atoms with Crippen LogP contribution in [0, 0.1) is 0 Å². The highest BCUT2D eigenvalue weighted by molar-refractivity contribution is 7.12. The van der Waals surface area contributed by atoms with E-state index in [0.29, 0.717) is 40.4 Å². The summed E-state index contributed by atoms with van der Waals surface area (Å²) in [5, 5.41) is 7.96. The van der Waals surface area contributed by atoms with Gasteiger partial charge in [-0.25, -0.2) is 0 Å². The molecule has 0 unspecified atom stereocenters. The van der Waals surface area contributed by atoms with Gasteiger partial charge in [0, 0.05) is 18.2 Å². The predicted octanol–water partition coefficient (Wildman–Crippen LogP) is 5.12. The van der Waals surface area contributed by atoms with E-state index in [9.17, 15) is 9.59 Å². The molecule has 2 N–H and O–H groups in total. The molecular weight excluding hydrogens is 396 g/mol. The summed E-state index contributed by atoms with van der Waals surface area (Å²) in [6, 6.07) is 8.40. The standard InChI is InChI=1S/C21H25ClN2O3S/c22-15-9-10-17(18(14-15)24-21(26)19-8-4-13-28-19)20(25)23-11-5-12-27-16-6-2-1-3-7-16/h4,8-10,13-14,16H,1-3,5-7,11-12H2,(H,23,25)(H,24,26). The van der Waals surface area contributed by atoms with Crippen molar-refractivity contribution in [3.05, 3.63) is 51.2 Å². The molecule has 0 spiro atoms. The summed E-state index contributed by atoms with van der Waals surface area (Å²) in [5.74, 6) is -0.497. The highest BCUT2D eigenvalue weighted by Crippen LogP contribution is 2.23. The third-order valence-electron chi connectivity index (χ3n) is 4.73. The lowest BCUT2D eigenvalue weighted by molar-refractivity contribution is 0.0273. The molecule has 1 aliphatic carbocycles. The predicted molar refractivity (Wildman–Crippen MR) is 113 cm³/mol. The van der Waals surface area contributed by atoms with E-state index in [4.69, 9.17) is 16.3 Å². The Morgan fingerprint density at radius 2 is 1.96 bits per heavy atom. The summed E-state index contributed by atoms with van der Waals surface area (Å²) in [6.07, 6.45) is 7.22. The van der Waals surface area contributed by atoms with Gasteiger partial charge in [0.05, 0.1) is 22.2 Å². The van der Waals surface area contributed by atoms with Crippen LogP contribution < -0.4 is 10.6 Å². The minimum absolute atomic E-state index is 0.240. The van der Waals surface area contributed by atoms with Gasteiger partial charge in [-0.3, -0.25) is 9.59 Å². The summed E-state index contributed by atoms with van der Waals surface area (Å²) >= 11 is 7.39. The molecule has 1 aromatic heterocycles. The van der Waals surface area contributed by atoms with Crippen LogP contribution in [0.25, 0.3) is 0 Å². The van der Waals surface area contributed by atoms with Crippen molar-refractivity contribution in [1.29, 1.82) is 0 Å². The van der Waals surface area contributed by atoms with Crippen LogP contribution in [-0.4, -0.2) is 31.1 Å². The maximum absolute atomic E-state index is 12.6. The molecule has 150 valence electrons. The number of ether oxygens (including phenoxy) is 1. The largest absolute Gasteiger partial charge is 0.378 e. The van der Waals surface area contributed by atoms with Crippen LogP contribution in [0.15, 0.2) is 35.7 Å². The minimum Gasteiger partial charge on any atom is -0.378 e. The van der Waals surface area contributed by atoms with Crippen LogP contribution >= 0.6 is 22.9 Å². The van der Waals surface area contributed by atoms with Crippen LogP contribution in [0.3, 0.4) is 0 Å². The van der Waals surface area contributed by atoms with Gasteiger partial charge in [0.1, 0.15) is 0 Å². The molecule has 1 aliphatic rings. The number of carbonyl (C=O) groups is 2. The maximum Gasteiger partial charge on any atom is 0.265 e. The van der Waals surface area contributed by atoms with Crippen molar-refractivity contribution in [3.8, 4) is 0 Å². The van der Waals surface area contributed by atoms with E-state index in [2.05, 4.69) is 10.6 Å². The van der Waals surface area contributed by atoms with Crippen molar-refractivity contribution < 1.29 is 14.3 Å².